The van der Waals surface area contributed by atoms with Gasteiger partial charge in [0, 0.05) is 18.2 Å². The zero-order valence-electron chi connectivity index (χ0n) is 20.6. The first kappa shape index (κ1) is 31.6. The number of amides is 2. The topological polar surface area (TPSA) is 95.8 Å². The van der Waals surface area contributed by atoms with E-state index in [1.807, 2.05) is 14.0 Å². The second-order valence-electron chi connectivity index (χ2n) is 8.34. The maximum absolute atomic E-state index is 13.1. The van der Waals surface area contributed by atoms with Crippen LogP contribution < -0.4 is 62.0 Å². The maximum atomic E-state index is 13.1. The van der Waals surface area contributed by atoms with Crippen LogP contribution in [-0.2, 0) is 17.9 Å². The molecule has 1 aromatic carbocycles. The molecule has 1 saturated heterocycles. The van der Waals surface area contributed by atoms with Crippen molar-refractivity contribution in [1.29, 1.82) is 0 Å². The Morgan fingerprint density at radius 2 is 1.94 bits per heavy atom. The number of carbonyl (C=O) groups excluding carboxylic acids is 1. The summed E-state index contributed by atoms with van der Waals surface area (Å²) >= 11 is 1.72. The van der Waals surface area contributed by atoms with Crippen molar-refractivity contribution in [3.05, 3.63) is 52.5 Å². The number of carboxylic acid groups (broad SMARTS) is 1. The van der Waals surface area contributed by atoms with E-state index in [1.54, 1.807) is 30.2 Å². The average Bonchev–Trinajstić information content (AvgIpc) is 3.66. The SMILES string of the molecule is C=CC.C[N-]SC1CC1.O=C(NC1CC1)C1CCCN1.O=C(O)N1Cc2cccc(F)c2C1.[K+]. The quantitative estimate of drug-likeness (QED) is 0.321. The zero-order valence-corrected chi connectivity index (χ0v) is 24.5. The van der Waals surface area contributed by atoms with E-state index >= 15 is 0 Å². The normalized spacial score (nSPS) is 19.5. The number of nitrogens with one attached hydrogen (secondary N) is 2. The van der Waals surface area contributed by atoms with Crippen molar-refractivity contribution in [3.63, 3.8) is 0 Å². The van der Waals surface area contributed by atoms with Crippen LogP contribution in [0.2, 0.25) is 0 Å². The molecule has 2 aliphatic carbocycles. The molecule has 0 radical (unpaired) electrons. The van der Waals surface area contributed by atoms with Crippen molar-refractivity contribution < 1.29 is 70.5 Å². The molecule has 2 amide bonds. The molecule has 2 heterocycles. The van der Waals surface area contributed by atoms with E-state index in [4.69, 9.17) is 5.11 Å². The molecule has 10 heteroatoms. The van der Waals surface area contributed by atoms with E-state index < -0.39 is 6.09 Å². The fourth-order valence-electron chi connectivity index (χ4n) is 3.28. The Morgan fingerprint density at radius 1 is 1.26 bits per heavy atom. The standard InChI is InChI=1S/C9H8FNO2.C8H14N2O.C4H8NS.C3H6.K/c10-8-3-1-2-6-4-11(9(12)13)5-7(6)8;11-8(10-6-3-4-6)7-2-1-5-9-7;1-5-6-4-2-3-4;1-3-2;/h1-3H,4-5H2,(H,12,13);6-7,9H,1-5H2,(H,10,11);4H,2-3H2,1H3;3H,1H2,2H3;/q;;-1;;+1. The summed E-state index contributed by atoms with van der Waals surface area (Å²) in [7, 11) is 1.85. The smallest absolute Gasteiger partial charge is 0.609 e. The van der Waals surface area contributed by atoms with E-state index in [0.29, 0.717) is 18.2 Å². The number of hydrogen-bond donors (Lipinski definition) is 3. The van der Waals surface area contributed by atoms with Crippen LogP contribution in [0.1, 0.15) is 56.6 Å². The van der Waals surface area contributed by atoms with Crippen molar-refractivity contribution in [2.75, 3.05) is 13.6 Å². The van der Waals surface area contributed by atoms with Crippen LogP contribution >= 0.6 is 11.9 Å². The predicted molar refractivity (Wildman–Crippen MR) is 132 cm³/mol. The van der Waals surface area contributed by atoms with Crippen LogP contribution in [0, 0.1) is 5.82 Å². The first-order valence-corrected chi connectivity index (χ1v) is 12.3. The second kappa shape index (κ2) is 17.1. The first-order chi connectivity index (χ1) is 15.9. The van der Waals surface area contributed by atoms with E-state index in [2.05, 4.69) is 21.9 Å². The van der Waals surface area contributed by atoms with E-state index in [9.17, 15) is 14.0 Å². The van der Waals surface area contributed by atoms with Gasteiger partial charge in [-0.15, -0.1) is 6.58 Å². The molecule has 1 aromatic rings. The third-order valence-corrected chi connectivity index (χ3v) is 6.26. The van der Waals surface area contributed by atoms with Crippen molar-refractivity contribution in [3.8, 4) is 0 Å². The van der Waals surface area contributed by atoms with Gasteiger partial charge in [0.15, 0.2) is 0 Å². The van der Waals surface area contributed by atoms with Crippen molar-refractivity contribution >= 4 is 23.9 Å². The fraction of sp³-hybridized carbons (Fsp3) is 0.583. The van der Waals surface area contributed by atoms with E-state index in [1.165, 1.54) is 36.6 Å². The molecular formula is C24H36FKN4O3S. The summed E-state index contributed by atoms with van der Waals surface area (Å²) in [4.78, 5) is 23.1. The van der Waals surface area contributed by atoms with Gasteiger partial charge in [-0.05, 0) is 68.9 Å². The molecule has 1 atom stereocenters. The Balaban J connectivity index is 0.000000249. The Morgan fingerprint density at radius 3 is 2.38 bits per heavy atom. The number of hydrogen-bond acceptors (Lipinski definition) is 4. The third kappa shape index (κ3) is 12.0. The van der Waals surface area contributed by atoms with Gasteiger partial charge in [0.1, 0.15) is 5.82 Å². The van der Waals surface area contributed by atoms with Crippen molar-refractivity contribution in [1.82, 2.24) is 15.5 Å². The molecule has 1 unspecified atom stereocenters. The molecule has 3 fully saturated rings. The van der Waals surface area contributed by atoms with Gasteiger partial charge in [0.05, 0.1) is 12.6 Å². The van der Waals surface area contributed by atoms with Gasteiger partial charge in [-0.1, -0.05) is 18.2 Å². The van der Waals surface area contributed by atoms with E-state index in [0.717, 1.165) is 30.2 Å². The van der Waals surface area contributed by atoms with Crippen LogP contribution in [0.15, 0.2) is 30.9 Å². The van der Waals surface area contributed by atoms with Gasteiger partial charge < -0.3 is 20.5 Å². The molecule has 34 heavy (non-hydrogen) atoms. The Bertz CT molecular complexity index is 787. The number of fused-ring (bicyclic) bond motifs is 1. The van der Waals surface area contributed by atoms with Crippen LogP contribution in [-0.4, -0.2) is 52.9 Å². The van der Waals surface area contributed by atoms with Crippen molar-refractivity contribution in [2.24, 2.45) is 0 Å². The first-order valence-electron chi connectivity index (χ1n) is 11.5. The minimum Gasteiger partial charge on any atom is -0.609 e. The molecule has 0 bridgehead atoms. The molecule has 7 nitrogen and oxygen atoms in total. The summed E-state index contributed by atoms with van der Waals surface area (Å²) in [5, 5.41) is 15.7. The molecule has 4 aliphatic rings. The molecule has 3 N–H and O–H groups in total. The second-order valence-corrected chi connectivity index (χ2v) is 9.59. The summed E-state index contributed by atoms with van der Waals surface area (Å²) in [5.41, 5.74) is 1.27. The van der Waals surface area contributed by atoms with Crippen molar-refractivity contribution in [2.45, 2.75) is 75.9 Å². The average molecular weight is 519 g/mol. The number of nitrogens with zero attached hydrogens (tertiary/aromatic N) is 2. The number of allylic oxidation sites excluding steroid dienone is 1. The minimum absolute atomic E-state index is 0. The van der Waals surface area contributed by atoms with Crippen LogP contribution in [0.3, 0.4) is 0 Å². The molecule has 0 spiro atoms. The molecule has 2 saturated carbocycles. The zero-order chi connectivity index (χ0) is 24.2. The Kier molecular flexibility index (Phi) is 15.9. The maximum Gasteiger partial charge on any atom is 1.00 e. The number of carbonyl (C=O) groups is 2. The predicted octanol–water partition coefficient (Wildman–Crippen LogP) is 1.83. The summed E-state index contributed by atoms with van der Waals surface area (Å²) in [6, 6.07) is 5.31. The van der Waals surface area contributed by atoms with Crippen LogP contribution in [0.4, 0.5) is 9.18 Å². The Labute approximate surface area is 249 Å². The molecule has 2 aliphatic heterocycles. The molecule has 0 aromatic heterocycles. The summed E-state index contributed by atoms with van der Waals surface area (Å²) in [5.74, 6) is -0.105. The largest absolute Gasteiger partial charge is 1.00 e. The van der Waals surface area contributed by atoms with E-state index in [-0.39, 0.29) is 75.7 Å². The monoisotopic (exact) mass is 518 g/mol. The summed E-state index contributed by atoms with van der Waals surface area (Å²) < 4.78 is 17.0. The number of halogens is 1. The number of benzene rings is 1. The molecule has 5 rings (SSSR count). The van der Waals surface area contributed by atoms with Gasteiger partial charge in [0.25, 0.3) is 0 Å². The summed E-state index contributed by atoms with van der Waals surface area (Å²) in [6.07, 6.45) is 8.04. The van der Waals surface area contributed by atoms with Crippen LogP contribution in [0.25, 0.3) is 4.72 Å². The summed E-state index contributed by atoms with van der Waals surface area (Å²) in [6.45, 7) is 6.71. The van der Waals surface area contributed by atoms with Gasteiger partial charge in [-0.2, -0.15) is 7.05 Å². The minimum atomic E-state index is -1.00. The molecule has 184 valence electrons. The Hall–Kier alpha value is -0.464. The van der Waals surface area contributed by atoms with Gasteiger partial charge >= 0.3 is 57.5 Å². The fourth-order valence-corrected chi connectivity index (χ4v) is 3.92. The van der Waals surface area contributed by atoms with Gasteiger partial charge in [-0.3, -0.25) is 21.6 Å². The molecular weight excluding hydrogens is 482 g/mol. The third-order valence-electron chi connectivity index (χ3n) is 5.28. The van der Waals surface area contributed by atoms with Gasteiger partial charge in [-0.25, -0.2) is 9.18 Å². The van der Waals surface area contributed by atoms with Crippen LogP contribution in [0.5, 0.6) is 0 Å². The van der Waals surface area contributed by atoms with Gasteiger partial charge in [0.2, 0.25) is 5.91 Å². The number of rotatable bonds is 4.